The second kappa shape index (κ2) is 9.82. The summed E-state index contributed by atoms with van der Waals surface area (Å²) in [6.45, 7) is 2.67. The van der Waals surface area contributed by atoms with Crippen LogP contribution in [-0.2, 0) is 22.7 Å². The molecule has 0 saturated carbocycles. The van der Waals surface area contributed by atoms with Crippen LogP contribution in [0.5, 0.6) is 0 Å². The van der Waals surface area contributed by atoms with Gasteiger partial charge in [-0.3, -0.25) is 19.5 Å². The maximum atomic E-state index is 12.4. The van der Waals surface area contributed by atoms with Gasteiger partial charge in [0.1, 0.15) is 0 Å². The molecular formula is C23H29N5O2. The number of aromatic nitrogens is 1. The molecule has 0 unspecified atom stereocenters. The SMILES string of the molecule is O=C(CC[C@H]1CNC(=O)[C@H]2C[C@H](NCc3ccccn3)CN12)NCc1ccccc1. The smallest absolute Gasteiger partial charge is 0.237 e. The van der Waals surface area contributed by atoms with Crippen LogP contribution in [0.15, 0.2) is 54.7 Å². The van der Waals surface area contributed by atoms with Crippen molar-refractivity contribution in [3.05, 3.63) is 66.0 Å². The molecular weight excluding hydrogens is 378 g/mol. The van der Waals surface area contributed by atoms with E-state index in [0.717, 1.165) is 30.6 Å². The van der Waals surface area contributed by atoms with E-state index in [0.29, 0.717) is 26.1 Å². The van der Waals surface area contributed by atoms with Gasteiger partial charge in [0.25, 0.3) is 0 Å². The van der Waals surface area contributed by atoms with Gasteiger partial charge in [-0.15, -0.1) is 0 Å². The average Bonchev–Trinajstić information content (AvgIpc) is 3.23. The van der Waals surface area contributed by atoms with Crippen molar-refractivity contribution in [2.75, 3.05) is 13.1 Å². The van der Waals surface area contributed by atoms with Gasteiger partial charge in [0, 0.05) is 50.9 Å². The standard InChI is InChI=1S/C23H29N5O2/c29-22(26-13-17-6-2-1-3-7-17)10-9-20-15-27-23(30)21-12-19(16-28(20)21)25-14-18-8-4-5-11-24-18/h1-8,11,19-21,25H,9-10,12-16H2,(H,26,29)(H,27,30)/t19-,20-,21+/m0/s1. The first-order valence-electron chi connectivity index (χ1n) is 10.7. The Kier molecular flexibility index (Phi) is 6.71. The van der Waals surface area contributed by atoms with Crippen LogP contribution in [0.1, 0.15) is 30.5 Å². The molecule has 2 saturated heterocycles. The molecule has 2 fully saturated rings. The van der Waals surface area contributed by atoms with Crippen LogP contribution in [0.2, 0.25) is 0 Å². The lowest BCUT2D eigenvalue weighted by Crippen LogP contribution is -2.58. The van der Waals surface area contributed by atoms with Crippen molar-refractivity contribution in [2.24, 2.45) is 0 Å². The third-order valence-corrected chi connectivity index (χ3v) is 5.96. The van der Waals surface area contributed by atoms with Gasteiger partial charge in [-0.2, -0.15) is 0 Å². The molecule has 0 bridgehead atoms. The van der Waals surface area contributed by atoms with E-state index in [9.17, 15) is 9.59 Å². The van der Waals surface area contributed by atoms with Crippen molar-refractivity contribution in [2.45, 2.75) is 50.5 Å². The zero-order chi connectivity index (χ0) is 20.8. The molecule has 4 rings (SSSR count). The monoisotopic (exact) mass is 407 g/mol. The Bertz CT molecular complexity index is 845. The van der Waals surface area contributed by atoms with Gasteiger partial charge in [0.15, 0.2) is 0 Å². The second-order valence-corrected chi connectivity index (χ2v) is 8.05. The zero-order valence-electron chi connectivity index (χ0n) is 17.1. The number of pyridine rings is 1. The van der Waals surface area contributed by atoms with Crippen molar-refractivity contribution in [3.63, 3.8) is 0 Å². The van der Waals surface area contributed by atoms with Gasteiger partial charge in [-0.05, 0) is 30.5 Å². The topological polar surface area (TPSA) is 86.4 Å². The molecule has 2 aliphatic heterocycles. The maximum absolute atomic E-state index is 12.4. The second-order valence-electron chi connectivity index (χ2n) is 8.05. The van der Waals surface area contributed by atoms with Crippen molar-refractivity contribution in [3.8, 4) is 0 Å². The Morgan fingerprint density at radius 1 is 1.13 bits per heavy atom. The largest absolute Gasteiger partial charge is 0.353 e. The predicted molar refractivity (Wildman–Crippen MR) is 114 cm³/mol. The first-order valence-corrected chi connectivity index (χ1v) is 10.7. The molecule has 3 heterocycles. The highest BCUT2D eigenvalue weighted by Gasteiger charge is 2.43. The van der Waals surface area contributed by atoms with Crippen LogP contribution in [0, 0.1) is 0 Å². The van der Waals surface area contributed by atoms with E-state index in [1.54, 1.807) is 6.20 Å². The highest BCUT2D eigenvalue weighted by molar-refractivity contribution is 5.83. The van der Waals surface area contributed by atoms with E-state index in [1.807, 2.05) is 48.5 Å². The number of piperazine rings is 1. The highest BCUT2D eigenvalue weighted by atomic mass is 16.2. The van der Waals surface area contributed by atoms with Crippen LogP contribution in [0.3, 0.4) is 0 Å². The van der Waals surface area contributed by atoms with Crippen molar-refractivity contribution >= 4 is 11.8 Å². The summed E-state index contributed by atoms with van der Waals surface area (Å²) in [7, 11) is 0. The molecule has 0 aliphatic carbocycles. The summed E-state index contributed by atoms with van der Waals surface area (Å²) in [4.78, 5) is 31.3. The molecule has 3 N–H and O–H groups in total. The minimum absolute atomic E-state index is 0.0522. The fourth-order valence-electron chi connectivity index (χ4n) is 4.33. The summed E-state index contributed by atoms with van der Waals surface area (Å²) >= 11 is 0. The molecule has 2 aromatic rings. The normalized spacial score (nSPS) is 23.6. The van der Waals surface area contributed by atoms with Gasteiger partial charge < -0.3 is 16.0 Å². The quantitative estimate of drug-likeness (QED) is 0.612. The summed E-state index contributed by atoms with van der Waals surface area (Å²) < 4.78 is 0. The van der Waals surface area contributed by atoms with Crippen LogP contribution < -0.4 is 16.0 Å². The first-order chi connectivity index (χ1) is 14.7. The summed E-state index contributed by atoms with van der Waals surface area (Å²) in [5.74, 6) is 0.151. The molecule has 30 heavy (non-hydrogen) atoms. The molecule has 7 nitrogen and oxygen atoms in total. The number of carbonyl (C=O) groups excluding carboxylic acids is 2. The molecule has 3 atom stereocenters. The third-order valence-electron chi connectivity index (χ3n) is 5.96. The number of hydrogen-bond donors (Lipinski definition) is 3. The number of amides is 2. The molecule has 0 spiro atoms. The van der Waals surface area contributed by atoms with Gasteiger partial charge in [-0.25, -0.2) is 0 Å². The van der Waals surface area contributed by atoms with Gasteiger partial charge in [0.05, 0.1) is 11.7 Å². The summed E-state index contributed by atoms with van der Waals surface area (Å²) in [5.41, 5.74) is 2.09. The third kappa shape index (κ3) is 5.23. The van der Waals surface area contributed by atoms with Crippen molar-refractivity contribution in [1.82, 2.24) is 25.8 Å². The van der Waals surface area contributed by atoms with Gasteiger partial charge >= 0.3 is 0 Å². The van der Waals surface area contributed by atoms with Crippen LogP contribution in [0.4, 0.5) is 0 Å². The van der Waals surface area contributed by atoms with Crippen LogP contribution in [-0.4, -0.2) is 52.9 Å². The maximum Gasteiger partial charge on any atom is 0.237 e. The van der Waals surface area contributed by atoms with Gasteiger partial charge in [-0.1, -0.05) is 36.4 Å². The highest BCUT2D eigenvalue weighted by Crippen LogP contribution is 2.26. The van der Waals surface area contributed by atoms with Crippen LogP contribution >= 0.6 is 0 Å². The van der Waals surface area contributed by atoms with E-state index >= 15 is 0 Å². The zero-order valence-corrected chi connectivity index (χ0v) is 17.1. The number of nitrogens with one attached hydrogen (secondary N) is 3. The minimum Gasteiger partial charge on any atom is -0.353 e. The van der Waals surface area contributed by atoms with Crippen molar-refractivity contribution < 1.29 is 9.59 Å². The molecule has 158 valence electrons. The molecule has 0 radical (unpaired) electrons. The molecule has 2 aliphatic rings. The lowest BCUT2D eigenvalue weighted by atomic mass is 10.0. The van der Waals surface area contributed by atoms with Crippen LogP contribution in [0.25, 0.3) is 0 Å². The molecule has 1 aromatic carbocycles. The minimum atomic E-state index is -0.114. The lowest BCUT2D eigenvalue weighted by Gasteiger charge is -2.37. The number of nitrogens with zero attached hydrogens (tertiary/aromatic N) is 2. The van der Waals surface area contributed by atoms with Gasteiger partial charge in [0.2, 0.25) is 11.8 Å². The van der Waals surface area contributed by atoms with E-state index in [-0.39, 0.29) is 29.9 Å². The van der Waals surface area contributed by atoms with E-state index in [2.05, 4.69) is 25.8 Å². The lowest BCUT2D eigenvalue weighted by molar-refractivity contribution is -0.129. The van der Waals surface area contributed by atoms with Crippen molar-refractivity contribution in [1.29, 1.82) is 0 Å². The number of hydrogen-bond acceptors (Lipinski definition) is 5. The Morgan fingerprint density at radius 3 is 2.77 bits per heavy atom. The molecule has 7 heteroatoms. The Hall–Kier alpha value is -2.77. The predicted octanol–water partition coefficient (Wildman–Crippen LogP) is 1.21. The number of rotatable bonds is 8. The number of fused-ring (bicyclic) bond motifs is 1. The average molecular weight is 408 g/mol. The van der Waals surface area contributed by atoms with E-state index in [4.69, 9.17) is 0 Å². The fourth-order valence-corrected chi connectivity index (χ4v) is 4.33. The Labute approximate surface area is 177 Å². The Morgan fingerprint density at radius 2 is 1.97 bits per heavy atom. The number of carbonyl (C=O) groups is 2. The number of benzene rings is 1. The van der Waals surface area contributed by atoms with E-state index < -0.39 is 0 Å². The van der Waals surface area contributed by atoms with E-state index in [1.165, 1.54) is 0 Å². The summed E-state index contributed by atoms with van der Waals surface area (Å²) in [5, 5.41) is 9.55. The fraction of sp³-hybridized carbons (Fsp3) is 0.435. The molecule has 1 aromatic heterocycles. The summed E-state index contributed by atoms with van der Waals surface area (Å²) in [6, 6.07) is 16.1. The summed E-state index contributed by atoms with van der Waals surface area (Å²) in [6.07, 6.45) is 3.78. The Balaban J connectivity index is 1.25. The molecule has 2 amide bonds. The first kappa shape index (κ1) is 20.5.